The summed E-state index contributed by atoms with van der Waals surface area (Å²) in [6, 6.07) is 9.11. The van der Waals surface area contributed by atoms with E-state index < -0.39 is 7.15 Å². The minimum atomic E-state index is -1.00. The third-order valence-electron chi connectivity index (χ3n) is 2.06. The Balaban J connectivity index is 0.000000194. The molecule has 21 heavy (non-hydrogen) atoms. The number of nitriles is 1. The summed E-state index contributed by atoms with van der Waals surface area (Å²) in [6.45, 7) is 0. The van der Waals surface area contributed by atoms with Crippen LogP contribution in [0.4, 0.5) is 4.39 Å². The van der Waals surface area contributed by atoms with Gasteiger partial charge in [0.15, 0.2) is 0 Å². The Morgan fingerprint density at radius 3 is 2.38 bits per heavy atom. The zero-order chi connectivity index (χ0) is 16.0. The second-order valence-electron chi connectivity index (χ2n) is 3.33. The summed E-state index contributed by atoms with van der Waals surface area (Å²) in [6.07, 6.45) is 6.55. The fourth-order valence-corrected chi connectivity index (χ4v) is 1.21. The Kier molecular flexibility index (Phi) is 6.55. The zero-order valence-electron chi connectivity index (χ0n) is 11.9. The molecule has 3 aromatic heterocycles. The highest BCUT2D eigenvalue weighted by Gasteiger charge is 1.99. The Hall–Kier alpha value is -3.21. The van der Waals surface area contributed by atoms with Gasteiger partial charge in [0, 0.05) is 30.4 Å². The van der Waals surface area contributed by atoms with Gasteiger partial charge in [0.2, 0.25) is 5.82 Å². The molecule has 0 amide bonds. The average molecular weight is 286 g/mol. The number of tetrazole rings is 1. The molecule has 0 saturated heterocycles. The molecule has 0 aromatic carbocycles. The molecule has 0 spiro atoms. The zero-order valence-corrected chi connectivity index (χ0v) is 10.9. The van der Waals surface area contributed by atoms with Crippen LogP contribution in [-0.4, -0.2) is 37.7 Å². The van der Waals surface area contributed by atoms with Crippen molar-refractivity contribution in [3.8, 4) is 17.5 Å². The van der Waals surface area contributed by atoms with Crippen molar-refractivity contribution in [2.75, 3.05) is 7.15 Å². The van der Waals surface area contributed by atoms with Gasteiger partial charge in [0.25, 0.3) is 0 Å². The van der Waals surface area contributed by atoms with Crippen LogP contribution in [0.25, 0.3) is 11.4 Å². The van der Waals surface area contributed by atoms with Crippen molar-refractivity contribution in [2.45, 2.75) is 0 Å². The maximum Gasteiger partial charge on any atom is 0.206 e. The minimum Gasteiger partial charge on any atom is -0.264 e. The smallest absolute Gasteiger partial charge is 0.206 e. The van der Waals surface area contributed by atoms with E-state index in [0.717, 1.165) is 5.56 Å². The molecule has 0 atom stereocenters. The topological polar surface area (TPSA) is 104 Å². The lowest BCUT2D eigenvalue weighted by Gasteiger charge is -1.88. The predicted octanol–water partition coefficient (Wildman–Crippen LogP) is 1.80. The average Bonchev–Trinajstić information content (AvgIpc) is 3.12. The van der Waals surface area contributed by atoms with Crippen LogP contribution in [0.1, 0.15) is 6.93 Å². The molecule has 0 unspecified atom stereocenters. The summed E-state index contributed by atoms with van der Waals surface area (Å²) >= 11 is 0. The normalized spacial score (nSPS) is 9.05. The molecule has 3 aromatic rings. The van der Waals surface area contributed by atoms with Gasteiger partial charge in [-0.3, -0.25) is 14.4 Å². The molecule has 106 valence electrons. The summed E-state index contributed by atoms with van der Waals surface area (Å²) in [5.74, 6) is 0.568. The SMILES string of the molecule is N#Cc1cccnc1.[2H]CF.c1cncc(-c2nn[nH]n2)c1. The number of halogens is 1. The van der Waals surface area contributed by atoms with Gasteiger partial charge in [-0.15, -0.1) is 10.2 Å². The van der Waals surface area contributed by atoms with Crippen LogP contribution >= 0.6 is 0 Å². The molecule has 0 fully saturated rings. The van der Waals surface area contributed by atoms with E-state index in [9.17, 15) is 4.39 Å². The van der Waals surface area contributed by atoms with Gasteiger partial charge < -0.3 is 0 Å². The summed E-state index contributed by atoms with van der Waals surface area (Å²) in [5, 5.41) is 21.7. The summed E-state index contributed by atoms with van der Waals surface area (Å²) in [5.41, 5.74) is 1.47. The molecule has 0 bridgehead atoms. The van der Waals surface area contributed by atoms with Crippen LogP contribution in [0.5, 0.6) is 0 Å². The number of nitrogens with zero attached hydrogens (tertiary/aromatic N) is 6. The molecule has 0 saturated carbocycles. The molecule has 3 rings (SSSR count). The number of aromatic amines is 1. The van der Waals surface area contributed by atoms with Gasteiger partial charge in [-0.05, 0) is 29.5 Å². The number of H-pyrrole nitrogens is 1. The van der Waals surface area contributed by atoms with Crippen molar-refractivity contribution >= 4 is 0 Å². The first-order valence-electron chi connectivity index (χ1n) is 6.31. The first-order valence-corrected chi connectivity index (χ1v) is 5.61. The first kappa shape index (κ1) is 14.2. The highest BCUT2D eigenvalue weighted by atomic mass is 19.1. The third-order valence-corrected chi connectivity index (χ3v) is 2.06. The Labute approximate surface area is 121 Å². The Bertz CT molecular complexity index is 656. The molecule has 7 nitrogen and oxygen atoms in total. The van der Waals surface area contributed by atoms with E-state index in [1.54, 1.807) is 30.7 Å². The number of aromatic nitrogens is 6. The second-order valence-corrected chi connectivity index (χ2v) is 3.33. The lowest BCUT2D eigenvalue weighted by molar-refractivity contribution is 0.636. The summed E-state index contributed by atoms with van der Waals surface area (Å²) in [7, 11) is -1.00. The van der Waals surface area contributed by atoms with E-state index >= 15 is 0 Å². The molecule has 1 N–H and O–H groups in total. The number of hydrogen-bond donors (Lipinski definition) is 1. The van der Waals surface area contributed by atoms with Crippen molar-refractivity contribution in [1.29, 1.82) is 5.26 Å². The third kappa shape index (κ3) is 5.52. The minimum absolute atomic E-state index is 0.568. The maximum absolute atomic E-state index is 9.96. The summed E-state index contributed by atoms with van der Waals surface area (Å²) in [4.78, 5) is 7.65. The molecule has 8 heteroatoms. The van der Waals surface area contributed by atoms with Crippen LogP contribution in [0.3, 0.4) is 0 Å². The van der Waals surface area contributed by atoms with Crippen LogP contribution in [0.2, 0.25) is 0 Å². The Morgan fingerprint density at radius 2 is 1.95 bits per heavy atom. The fourth-order valence-electron chi connectivity index (χ4n) is 1.21. The lowest BCUT2D eigenvalue weighted by atomic mass is 10.3. The number of hydrogen-bond acceptors (Lipinski definition) is 6. The van der Waals surface area contributed by atoms with Crippen molar-refractivity contribution < 1.29 is 5.76 Å². The first-order chi connectivity index (χ1) is 10.8. The number of nitrogens with one attached hydrogen (secondary N) is 1. The molecule has 0 aliphatic carbocycles. The highest BCUT2D eigenvalue weighted by molar-refractivity contribution is 5.51. The Morgan fingerprint density at radius 1 is 1.24 bits per heavy atom. The largest absolute Gasteiger partial charge is 0.264 e. The number of rotatable bonds is 1. The van der Waals surface area contributed by atoms with Gasteiger partial charge in [-0.2, -0.15) is 10.5 Å². The molecule has 0 aliphatic rings. The lowest BCUT2D eigenvalue weighted by Crippen LogP contribution is -1.80. The van der Waals surface area contributed by atoms with Gasteiger partial charge in [0.05, 0.1) is 14.1 Å². The molecule has 0 radical (unpaired) electrons. The van der Waals surface area contributed by atoms with Crippen molar-refractivity contribution in [1.82, 2.24) is 30.6 Å². The van der Waals surface area contributed by atoms with Crippen molar-refractivity contribution in [3.05, 3.63) is 54.6 Å². The quantitative estimate of drug-likeness (QED) is 0.731. The molecule has 0 aliphatic heterocycles. The van der Waals surface area contributed by atoms with E-state index in [-0.39, 0.29) is 0 Å². The predicted molar refractivity (Wildman–Crippen MR) is 73.4 cm³/mol. The highest BCUT2D eigenvalue weighted by Crippen LogP contribution is 2.08. The summed E-state index contributed by atoms with van der Waals surface area (Å²) < 4.78 is 15.5. The van der Waals surface area contributed by atoms with E-state index in [2.05, 4.69) is 30.6 Å². The van der Waals surface area contributed by atoms with E-state index in [1.165, 1.54) is 6.20 Å². The number of pyridine rings is 2. The number of alkyl halides is 1. The van der Waals surface area contributed by atoms with E-state index in [1.807, 2.05) is 18.2 Å². The molecule has 3 heterocycles. The van der Waals surface area contributed by atoms with Crippen molar-refractivity contribution in [2.24, 2.45) is 0 Å². The van der Waals surface area contributed by atoms with Gasteiger partial charge in [-0.25, -0.2) is 0 Å². The van der Waals surface area contributed by atoms with Crippen LogP contribution in [-0.2, 0) is 0 Å². The van der Waals surface area contributed by atoms with Gasteiger partial charge >= 0.3 is 0 Å². The van der Waals surface area contributed by atoms with Crippen molar-refractivity contribution in [3.63, 3.8) is 0 Å². The van der Waals surface area contributed by atoms with Crippen LogP contribution in [0, 0.1) is 11.3 Å². The van der Waals surface area contributed by atoms with Crippen LogP contribution in [0.15, 0.2) is 49.1 Å². The van der Waals surface area contributed by atoms with E-state index in [0.29, 0.717) is 11.4 Å². The standard InChI is InChI=1S/C6H5N5.C6H4N2.CH3F/c1-2-5(4-7-3-1)6-8-10-11-9-6;7-4-6-2-1-3-8-5-6;1-2/h1-4H,(H,8,9,10,11);1-3,5H;1H3/i;;1D. The molecular formula is C13H12FN7. The van der Waals surface area contributed by atoms with Gasteiger partial charge in [-0.1, -0.05) is 0 Å². The maximum atomic E-state index is 9.96. The molecular weight excluding hydrogens is 273 g/mol. The van der Waals surface area contributed by atoms with E-state index in [4.69, 9.17) is 6.63 Å². The van der Waals surface area contributed by atoms with Crippen LogP contribution < -0.4 is 0 Å². The second kappa shape index (κ2) is 9.69. The fraction of sp³-hybridized carbons (Fsp3) is 0.0769. The monoisotopic (exact) mass is 286 g/mol. The van der Waals surface area contributed by atoms with Gasteiger partial charge in [0.1, 0.15) is 6.07 Å².